The molecule has 3 heteroatoms. The van der Waals surface area contributed by atoms with Crippen molar-refractivity contribution < 1.29 is 0 Å². The standard InChI is InChI=1S/C23H32N2.ClH/c1-25(2)23(20-11-7-4-8-12-20)21-13-15-22(16-14-21)24-18-17-19-9-5-3-6-10-19;/h3-12,21-24H,13-18H2,1-2H3;1H. The molecule has 1 saturated carbocycles. The lowest BCUT2D eigenvalue weighted by Crippen LogP contribution is -2.37. The van der Waals surface area contributed by atoms with Gasteiger partial charge in [-0.2, -0.15) is 0 Å². The largest absolute Gasteiger partial charge is 0.314 e. The predicted molar refractivity (Wildman–Crippen MR) is 114 cm³/mol. The van der Waals surface area contributed by atoms with E-state index in [9.17, 15) is 0 Å². The van der Waals surface area contributed by atoms with E-state index in [0.717, 1.165) is 18.9 Å². The number of benzene rings is 2. The van der Waals surface area contributed by atoms with Crippen LogP contribution in [0, 0.1) is 5.92 Å². The lowest BCUT2D eigenvalue weighted by molar-refractivity contribution is 0.157. The van der Waals surface area contributed by atoms with E-state index in [1.165, 1.54) is 36.8 Å². The van der Waals surface area contributed by atoms with Crippen molar-refractivity contribution >= 4 is 12.4 Å². The minimum Gasteiger partial charge on any atom is -0.314 e. The van der Waals surface area contributed by atoms with E-state index in [4.69, 9.17) is 0 Å². The first-order valence-electron chi connectivity index (χ1n) is 9.72. The minimum absolute atomic E-state index is 0. The molecule has 0 heterocycles. The number of hydrogen-bond acceptors (Lipinski definition) is 2. The van der Waals surface area contributed by atoms with Crippen LogP contribution in [0.25, 0.3) is 0 Å². The molecule has 0 spiro atoms. The Morgan fingerprint density at radius 1 is 0.885 bits per heavy atom. The maximum absolute atomic E-state index is 3.78. The number of nitrogens with one attached hydrogen (secondary N) is 1. The van der Waals surface area contributed by atoms with Gasteiger partial charge in [-0.25, -0.2) is 0 Å². The molecule has 1 aliphatic rings. The molecule has 1 aliphatic carbocycles. The second-order valence-corrected chi connectivity index (χ2v) is 7.62. The molecule has 0 aliphatic heterocycles. The Labute approximate surface area is 165 Å². The van der Waals surface area contributed by atoms with Crippen LogP contribution in [-0.2, 0) is 6.42 Å². The van der Waals surface area contributed by atoms with E-state index >= 15 is 0 Å². The summed E-state index contributed by atoms with van der Waals surface area (Å²) >= 11 is 0. The summed E-state index contributed by atoms with van der Waals surface area (Å²) in [5, 5.41) is 3.78. The molecule has 1 unspecified atom stereocenters. The van der Waals surface area contributed by atoms with Crippen molar-refractivity contribution in [3.63, 3.8) is 0 Å². The summed E-state index contributed by atoms with van der Waals surface area (Å²) in [5.74, 6) is 0.768. The van der Waals surface area contributed by atoms with Crippen LogP contribution in [0.1, 0.15) is 42.9 Å². The summed E-state index contributed by atoms with van der Waals surface area (Å²) in [7, 11) is 4.45. The van der Waals surface area contributed by atoms with Crippen molar-refractivity contribution in [2.24, 2.45) is 5.92 Å². The van der Waals surface area contributed by atoms with E-state index < -0.39 is 0 Å². The summed E-state index contributed by atoms with van der Waals surface area (Å²) in [6.45, 7) is 1.09. The molecule has 2 aromatic carbocycles. The van der Waals surface area contributed by atoms with Crippen molar-refractivity contribution in [3.05, 3.63) is 71.8 Å². The maximum Gasteiger partial charge on any atom is 0.0370 e. The van der Waals surface area contributed by atoms with Crippen molar-refractivity contribution in [3.8, 4) is 0 Å². The van der Waals surface area contributed by atoms with Crippen molar-refractivity contribution in [2.45, 2.75) is 44.2 Å². The van der Waals surface area contributed by atoms with Gasteiger partial charge in [0.25, 0.3) is 0 Å². The monoisotopic (exact) mass is 372 g/mol. The Morgan fingerprint density at radius 2 is 1.46 bits per heavy atom. The van der Waals surface area contributed by atoms with Crippen LogP contribution in [0.5, 0.6) is 0 Å². The third kappa shape index (κ3) is 5.84. The molecule has 142 valence electrons. The minimum atomic E-state index is 0. The Balaban J connectivity index is 0.00000243. The van der Waals surface area contributed by atoms with Gasteiger partial charge in [-0.3, -0.25) is 0 Å². The molecule has 0 aromatic heterocycles. The van der Waals surface area contributed by atoms with Gasteiger partial charge in [-0.15, -0.1) is 12.4 Å². The van der Waals surface area contributed by atoms with Crippen LogP contribution < -0.4 is 5.32 Å². The first-order valence-corrected chi connectivity index (χ1v) is 9.72. The molecule has 1 atom stereocenters. The van der Waals surface area contributed by atoms with Gasteiger partial charge in [-0.05, 0) is 69.8 Å². The van der Waals surface area contributed by atoms with Gasteiger partial charge in [0.2, 0.25) is 0 Å². The lowest BCUT2D eigenvalue weighted by Gasteiger charge is -2.38. The van der Waals surface area contributed by atoms with Gasteiger partial charge in [0.05, 0.1) is 0 Å². The van der Waals surface area contributed by atoms with Crippen LogP contribution in [0.2, 0.25) is 0 Å². The Bertz CT molecular complexity index is 607. The zero-order valence-corrected chi connectivity index (χ0v) is 16.9. The van der Waals surface area contributed by atoms with Gasteiger partial charge < -0.3 is 10.2 Å². The van der Waals surface area contributed by atoms with Gasteiger partial charge in [0.1, 0.15) is 0 Å². The summed E-state index contributed by atoms with van der Waals surface area (Å²) in [4.78, 5) is 2.41. The summed E-state index contributed by atoms with van der Waals surface area (Å²) in [6, 6.07) is 23.1. The highest BCUT2D eigenvalue weighted by molar-refractivity contribution is 5.85. The second-order valence-electron chi connectivity index (χ2n) is 7.62. The van der Waals surface area contributed by atoms with Gasteiger partial charge >= 0.3 is 0 Å². The van der Waals surface area contributed by atoms with Crippen molar-refractivity contribution in [1.82, 2.24) is 10.2 Å². The van der Waals surface area contributed by atoms with Gasteiger partial charge in [-0.1, -0.05) is 60.7 Å². The Morgan fingerprint density at radius 3 is 2.04 bits per heavy atom. The SMILES string of the molecule is CN(C)C(c1ccccc1)C1CCC(NCCc2ccccc2)CC1.Cl. The maximum atomic E-state index is 3.78. The molecule has 3 rings (SSSR count). The number of hydrogen-bond donors (Lipinski definition) is 1. The number of nitrogens with zero attached hydrogens (tertiary/aromatic N) is 1. The van der Waals surface area contributed by atoms with Crippen LogP contribution >= 0.6 is 12.4 Å². The second kappa shape index (κ2) is 10.7. The molecule has 2 nitrogen and oxygen atoms in total. The molecule has 1 fully saturated rings. The quantitative estimate of drug-likeness (QED) is 0.727. The first kappa shape index (κ1) is 21.0. The van der Waals surface area contributed by atoms with Crippen LogP contribution in [-0.4, -0.2) is 31.6 Å². The van der Waals surface area contributed by atoms with Crippen molar-refractivity contribution in [2.75, 3.05) is 20.6 Å². The summed E-state index contributed by atoms with van der Waals surface area (Å²) < 4.78 is 0. The highest BCUT2D eigenvalue weighted by atomic mass is 35.5. The fourth-order valence-corrected chi connectivity index (χ4v) is 4.35. The van der Waals surface area contributed by atoms with Crippen LogP contribution in [0.15, 0.2) is 60.7 Å². The molecule has 2 aromatic rings. The molecular formula is C23H33ClN2. The topological polar surface area (TPSA) is 15.3 Å². The molecule has 26 heavy (non-hydrogen) atoms. The lowest BCUT2D eigenvalue weighted by atomic mass is 9.78. The zero-order chi connectivity index (χ0) is 17.5. The fourth-order valence-electron chi connectivity index (χ4n) is 4.35. The smallest absolute Gasteiger partial charge is 0.0370 e. The van der Waals surface area contributed by atoms with Gasteiger partial charge in [0, 0.05) is 12.1 Å². The molecule has 1 N–H and O–H groups in total. The first-order chi connectivity index (χ1) is 12.2. The van der Waals surface area contributed by atoms with Gasteiger partial charge in [0.15, 0.2) is 0 Å². The number of rotatable bonds is 7. The van der Waals surface area contributed by atoms with E-state index in [1.807, 2.05) is 0 Å². The normalized spacial score (nSPS) is 21.2. The molecule has 0 radical (unpaired) electrons. The molecular weight excluding hydrogens is 340 g/mol. The summed E-state index contributed by atoms with van der Waals surface area (Å²) in [5.41, 5.74) is 2.90. The highest BCUT2D eigenvalue weighted by Gasteiger charge is 2.29. The predicted octanol–water partition coefficient (Wildman–Crippen LogP) is 5.10. The molecule has 0 amide bonds. The van der Waals surface area contributed by atoms with E-state index in [1.54, 1.807) is 0 Å². The molecule has 0 bridgehead atoms. The average Bonchev–Trinajstić information content (AvgIpc) is 2.65. The van der Waals surface area contributed by atoms with Crippen LogP contribution in [0.4, 0.5) is 0 Å². The van der Waals surface area contributed by atoms with E-state index in [2.05, 4.69) is 85.0 Å². The fraction of sp³-hybridized carbons (Fsp3) is 0.478. The average molecular weight is 373 g/mol. The highest BCUT2D eigenvalue weighted by Crippen LogP contribution is 2.37. The Hall–Kier alpha value is -1.35. The van der Waals surface area contributed by atoms with Crippen LogP contribution in [0.3, 0.4) is 0 Å². The van der Waals surface area contributed by atoms with Crippen molar-refractivity contribution in [1.29, 1.82) is 0 Å². The third-order valence-electron chi connectivity index (χ3n) is 5.61. The summed E-state index contributed by atoms with van der Waals surface area (Å²) in [6.07, 6.45) is 6.37. The number of halogens is 1. The van der Waals surface area contributed by atoms with E-state index in [-0.39, 0.29) is 12.4 Å². The zero-order valence-electron chi connectivity index (χ0n) is 16.1. The van der Waals surface area contributed by atoms with E-state index in [0.29, 0.717) is 12.1 Å². The molecule has 0 saturated heterocycles. The Kier molecular flexibility index (Phi) is 8.64. The third-order valence-corrected chi connectivity index (χ3v) is 5.61.